The molecular formula is C19H24N6. The Labute approximate surface area is 147 Å². The van der Waals surface area contributed by atoms with Gasteiger partial charge < -0.3 is 0 Å². The summed E-state index contributed by atoms with van der Waals surface area (Å²) in [6.45, 7) is 7.42. The zero-order valence-corrected chi connectivity index (χ0v) is 14.8. The topological polar surface area (TPSA) is 62.6 Å². The molecule has 1 saturated heterocycles. The van der Waals surface area contributed by atoms with E-state index in [1.165, 1.54) is 35.2 Å². The van der Waals surface area contributed by atoms with Gasteiger partial charge in [-0.3, -0.25) is 10.00 Å². The average Bonchev–Trinajstić information content (AvgIpc) is 3.31. The second kappa shape index (κ2) is 6.80. The summed E-state index contributed by atoms with van der Waals surface area (Å²) in [6, 6.07) is 6.47. The number of aryl methyl sites for hydroxylation is 2. The van der Waals surface area contributed by atoms with E-state index in [-0.39, 0.29) is 0 Å². The highest BCUT2D eigenvalue weighted by atomic mass is 15.3. The first kappa shape index (κ1) is 16.0. The van der Waals surface area contributed by atoms with E-state index in [4.69, 9.17) is 0 Å². The molecule has 2 aromatic heterocycles. The fourth-order valence-corrected chi connectivity index (χ4v) is 3.85. The van der Waals surface area contributed by atoms with Crippen LogP contribution in [-0.2, 0) is 6.54 Å². The number of hydrogen-bond acceptors (Lipinski definition) is 4. The first-order valence-corrected chi connectivity index (χ1v) is 8.88. The highest BCUT2D eigenvalue weighted by Crippen LogP contribution is 2.28. The minimum atomic E-state index is 0.440. The number of likely N-dealkylation sites (tertiary alicyclic amines) is 1. The number of H-pyrrole nitrogens is 1. The van der Waals surface area contributed by atoms with Crippen LogP contribution in [0.1, 0.15) is 41.3 Å². The zero-order valence-electron chi connectivity index (χ0n) is 14.8. The summed E-state index contributed by atoms with van der Waals surface area (Å²) in [5, 5.41) is 11.5. The average molecular weight is 336 g/mol. The maximum atomic E-state index is 4.45. The lowest BCUT2D eigenvalue weighted by Crippen LogP contribution is -2.34. The predicted molar refractivity (Wildman–Crippen MR) is 96.7 cm³/mol. The van der Waals surface area contributed by atoms with Crippen LogP contribution in [0.5, 0.6) is 0 Å². The first-order valence-electron chi connectivity index (χ1n) is 8.88. The Kier molecular flexibility index (Phi) is 4.36. The summed E-state index contributed by atoms with van der Waals surface area (Å²) < 4.78 is 1.98. The molecule has 6 nitrogen and oxygen atoms in total. The molecule has 0 radical (unpaired) electrons. The highest BCUT2D eigenvalue weighted by molar-refractivity contribution is 5.48. The molecular weight excluding hydrogens is 312 g/mol. The van der Waals surface area contributed by atoms with Gasteiger partial charge in [0.05, 0.1) is 5.69 Å². The third-order valence-electron chi connectivity index (χ3n) is 5.05. The summed E-state index contributed by atoms with van der Waals surface area (Å²) in [5.41, 5.74) is 5.13. The summed E-state index contributed by atoms with van der Waals surface area (Å²) in [5.74, 6) is 1.45. The van der Waals surface area contributed by atoms with Crippen molar-refractivity contribution in [3.05, 3.63) is 59.4 Å². The smallest absolute Gasteiger partial charge is 0.137 e. The third kappa shape index (κ3) is 3.35. The number of rotatable bonds is 4. The molecule has 130 valence electrons. The fraction of sp³-hybridized carbons (Fsp3) is 0.421. The lowest BCUT2D eigenvalue weighted by Gasteiger charge is -2.32. The van der Waals surface area contributed by atoms with Crippen LogP contribution in [0.2, 0.25) is 0 Å². The van der Waals surface area contributed by atoms with Gasteiger partial charge >= 0.3 is 0 Å². The largest absolute Gasteiger partial charge is 0.298 e. The van der Waals surface area contributed by atoms with Crippen LogP contribution in [0.4, 0.5) is 0 Å². The molecule has 6 heteroatoms. The Hall–Kier alpha value is -2.47. The molecule has 4 rings (SSSR count). The molecule has 1 N–H and O–H groups in total. The second-order valence-corrected chi connectivity index (χ2v) is 6.98. The van der Waals surface area contributed by atoms with Crippen LogP contribution in [0.3, 0.4) is 0 Å². The van der Waals surface area contributed by atoms with E-state index in [1.807, 2.05) is 23.1 Å². The van der Waals surface area contributed by atoms with E-state index >= 15 is 0 Å². The Morgan fingerprint density at radius 1 is 1.28 bits per heavy atom. The summed E-state index contributed by atoms with van der Waals surface area (Å²) in [7, 11) is 0. The number of benzene rings is 1. The van der Waals surface area contributed by atoms with Crippen molar-refractivity contribution in [2.24, 2.45) is 0 Å². The van der Waals surface area contributed by atoms with Gasteiger partial charge in [-0.15, -0.1) is 0 Å². The lowest BCUT2D eigenvalue weighted by atomic mass is 9.95. The van der Waals surface area contributed by atoms with Crippen molar-refractivity contribution in [2.75, 3.05) is 13.1 Å². The van der Waals surface area contributed by atoms with Crippen molar-refractivity contribution in [2.45, 2.75) is 39.2 Å². The van der Waals surface area contributed by atoms with E-state index < -0.39 is 0 Å². The molecule has 0 spiro atoms. The molecule has 3 aromatic rings. The molecule has 0 amide bonds. The van der Waals surface area contributed by atoms with E-state index in [0.29, 0.717) is 5.92 Å². The van der Waals surface area contributed by atoms with Gasteiger partial charge in [-0.2, -0.15) is 10.2 Å². The van der Waals surface area contributed by atoms with Gasteiger partial charge in [0.15, 0.2) is 0 Å². The summed E-state index contributed by atoms with van der Waals surface area (Å²) in [6.07, 6.45) is 7.82. The van der Waals surface area contributed by atoms with Crippen LogP contribution >= 0.6 is 0 Å². The quantitative estimate of drug-likeness (QED) is 0.795. The molecule has 0 unspecified atom stereocenters. The molecule has 0 saturated carbocycles. The lowest BCUT2D eigenvalue weighted by molar-refractivity contribution is 0.196. The Morgan fingerprint density at radius 2 is 2.20 bits per heavy atom. The van der Waals surface area contributed by atoms with Crippen molar-refractivity contribution in [3.63, 3.8) is 0 Å². The van der Waals surface area contributed by atoms with Crippen molar-refractivity contribution in [1.29, 1.82) is 0 Å². The van der Waals surface area contributed by atoms with Gasteiger partial charge in [-0.05, 0) is 62.1 Å². The number of piperidine rings is 1. The molecule has 3 heterocycles. The summed E-state index contributed by atoms with van der Waals surface area (Å²) in [4.78, 5) is 6.89. The Balaban J connectivity index is 1.60. The number of hydrogen-bond donors (Lipinski definition) is 1. The standard InChI is InChI=1S/C19H24N6/c1-14-9-15(2)17(18(10-14)25-8-4-6-22-25)12-24-7-3-5-16(11-24)19-20-13-21-23-19/h4,6,8-10,13,16H,3,5,7,11-12H2,1-2H3,(H,20,21,23)/t16-/m0/s1. The van der Waals surface area contributed by atoms with Crippen LogP contribution in [0, 0.1) is 13.8 Å². The number of aromatic nitrogens is 5. The van der Waals surface area contributed by atoms with Gasteiger partial charge in [-0.1, -0.05) is 6.07 Å². The van der Waals surface area contributed by atoms with Gasteiger partial charge in [0.25, 0.3) is 0 Å². The normalized spacial score (nSPS) is 18.6. The second-order valence-electron chi connectivity index (χ2n) is 6.98. The molecule has 1 aliphatic heterocycles. The predicted octanol–water partition coefficient (Wildman–Crippen LogP) is 2.99. The van der Waals surface area contributed by atoms with Gasteiger partial charge in [0.1, 0.15) is 12.2 Å². The minimum Gasteiger partial charge on any atom is -0.298 e. The third-order valence-corrected chi connectivity index (χ3v) is 5.05. The van der Waals surface area contributed by atoms with Gasteiger partial charge in [0, 0.05) is 31.4 Å². The van der Waals surface area contributed by atoms with Crippen molar-refractivity contribution in [3.8, 4) is 5.69 Å². The molecule has 1 fully saturated rings. The summed E-state index contributed by atoms with van der Waals surface area (Å²) >= 11 is 0. The first-order chi connectivity index (χ1) is 12.2. The van der Waals surface area contributed by atoms with Gasteiger partial charge in [-0.25, -0.2) is 9.67 Å². The monoisotopic (exact) mass is 336 g/mol. The maximum Gasteiger partial charge on any atom is 0.137 e. The van der Waals surface area contributed by atoms with Crippen LogP contribution in [0.25, 0.3) is 5.69 Å². The molecule has 1 atom stereocenters. The van der Waals surface area contributed by atoms with E-state index in [2.05, 4.69) is 51.2 Å². The fourth-order valence-electron chi connectivity index (χ4n) is 3.85. The SMILES string of the molecule is Cc1cc(C)c(CN2CCC[C@H](c3ncn[nH]3)C2)c(-n2cccn2)c1. The number of nitrogens with one attached hydrogen (secondary N) is 1. The molecule has 0 bridgehead atoms. The number of aromatic amines is 1. The Morgan fingerprint density at radius 3 is 2.96 bits per heavy atom. The van der Waals surface area contributed by atoms with Crippen LogP contribution in [0.15, 0.2) is 36.9 Å². The van der Waals surface area contributed by atoms with E-state index in [9.17, 15) is 0 Å². The van der Waals surface area contributed by atoms with Crippen molar-refractivity contribution in [1.82, 2.24) is 29.9 Å². The van der Waals surface area contributed by atoms with Gasteiger partial charge in [0.2, 0.25) is 0 Å². The van der Waals surface area contributed by atoms with Crippen LogP contribution < -0.4 is 0 Å². The maximum absolute atomic E-state index is 4.45. The molecule has 1 aromatic carbocycles. The number of nitrogens with zero attached hydrogens (tertiary/aromatic N) is 5. The highest BCUT2D eigenvalue weighted by Gasteiger charge is 2.24. The van der Waals surface area contributed by atoms with E-state index in [0.717, 1.165) is 25.5 Å². The molecule has 25 heavy (non-hydrogen) atoms. The van der Waals surface area contributed by atoms with Crippen molar-refractivity contribution >= 4 is 0 Å². The molecule has 0 aliphatic carbocycles. The minimum absolute atomic E-state index is 0.440. The molecule has 1 aliphatic rings. The Bertz CT molecular complexity index is 822. The van der Waals surface area contributed by atoms with E-state index in [1.54, 1.807) is 6.33 Å². The van der Waals surface area contributed by atoms with Crippen LogP contribution in [-0.4, -0.2) is 43.0 Å². The zero-order chi connectivity index (χ0) is 17.2. The van der Waals surface area contributed by atoms with Crippen molar-refractivity contribution < 1.29 is 0 Å².